The summed E-state index contributed by atoms with van der Waals surface area (Å²) in [5, 5.41) is 11.1. The van der Waals surface area contributed by atoms with Crippen molar-refractivity contribution in [2.45, 2.75) is 30.8 Å². The van der Waals surface area contributed by atoms with Crippen molar-refractivity contribution in [3.63, 3.8) is 0 Å². The largest absolute Gasteiger partial charge is 0.453 e. The van der Waals surface area contributed by atoms with E-state index in [1.54, 1.807) is 19.1 Å². The van der Waals surface area contributed by atoms with E-state index < -0.39 is 17.3 Å². The Labute approximate surface area is 148 Å². The lowest BCUT2D eigenvalue weighted by atomic mass is 10.2. The highest BCUT2D eigenvalue weighted by Gasteiger charge is 2.21. The summed E-state index contributed by atoms with van der Waals surface area (Å²) in [5.74, 6) is 0.213. The molecular formula is C15H17ClN4O3S. The van der Waals surface area contributed by atoms with Crippen LogP contribution < -0.4 is 5.32 Å². The van der Waals surface area contributed by atoms with Gasteiger partial charge in [-0.05, 0) is 26.0 Å². The Hall–Kier alpha value is -2.06. The van der Waals surface area contributed by atoms with Crippen molar-refractivity contribution in [2.24, 2.45) is 0 Å². The molecule has 0 fully saturated rings. The SMILES string of the molecule is CCn1c(S[C@H](C)C(=O)NC(=O)OC)nnc1-c1cccc(Cl)c1. The van der Waals surface area contributed by atoms with Gasteiger partial charge in [0.25, 0.3) is 0 Å². The van der Waals surface area contributed by atoms with Crippen LogP contribution in [-0.4, -0.2) is 39.1 Å². The number of rotatable bonds is 5. The first-order valence-corrected chi connectivity index (χ1v) is 8.46. The van der Waals surface area contributed by atoms with Crippen LogP contribution in [0.3, 0.4) is 0 Å². The number of benzene rings is 1. The van der Waals surface area contributed by atoms with Crippen molar-refractivity contribution in [3.05, 3.63) is 29.3 Å². The smallest absolute Gasteiger partial charge is 0.413 e. The van der Waals surface area contributed by atoms with Gasteiger partial charge in [0.15, 0.2) is 11.0 Å². The number of hydrogen-bond donors (Lipinski definition) is 1. The second kappa shape index (κ2) is 8.16. The molecule has 1 atom stereocenters. The van der Waals surface area contributed by atoms with E-state index in [1.807, 2.05) is 23.6 Å². The van der Waals surface area contributed by atoms with Crippen LogP contribution in [0.2, 0.25) is 5.02 Å². The maximum Gasteiger partial charge on any atom is 0.413 e. The fourth-order valence-electron chi connectivity index (χ4n) is 1.97. The number of methoxy groups -OCH3 is 1. The standard InChI is InChI=1S/C15H17ClN4O3S/c1-4-20-12(10-6-5-7-11(16)8-10)18-19-14(20)24-9(2)13(21)17-15(22)23-3/h5-9H,4H2,1-3H3,(H,17,21,22)/t9-/m1/s1. The number of alkyl carbamates (subject to hydrolysis) is 1. The quantitative estimate of drug-likeness (QED) is 0.816. The molecular weight excluding hydrogens is 352 g/mol. The predicted molar refractivity (Wildman–Crippen MR) is 92.0 cm³/mol. The van der Waals surface area contributed by atoms with Crippen molar-refractivity contribution >= 4 is 35.4 Å². The van der Waals surface area contributed by atoms with Crippen LogP contribution in [0.25, 0.3) is 11.4 Å². The van der Waals surface area contributed by atoms with Crippen LogP contribution >= 0.6 is 23.4 Å². The average Bonchev–Trinajstić information content (AvgIpc) is 2.97. The molecule has 0 saturated heterocycles. The van der Waals surface area contributed by atoms with Crippen molar-refractivity contribution in [1.82, 2.24) is 20.1 Å². The first kappa shape index (κ1) is 18.3. The van der Waals surface area contributed by atoms with Crippen molar-refractivity contribution < 1.29 is 14.3 Å². The molecule has 0 aliphatic heterocycles. The summed E-state index contributed by atoms with van der Waals surface area (Å²) in [6.45, 7) is 4.26. The van der Waals surface area contributed by atoms with Gasteiger partial charge in [0.05, 0.1) is 12.4 Å². The Kier molecular flexibility index (Phi) is 6.22. The normalized spacial score (nSPS) is 11.8. The molecule has 2 aromatic rings. The third kappa shape index (κ3) is 4.27. The van der Waals surface area contributed by atoms with E-state index in [0.717, 1.165) is 5.56 Å². The van der Waals surface area contributed by atoms with Gasteiger partial charge in [-0.3, -0.25) is 10.1 Å². The minimum absolute atomic E-state index is 0.457. The highest BCUT2D eigenvalue weighted by atomic mass is 35.5. The van der Waals surface area contributed by atoms with Gasteiger partial charge >= 0.3 is 6.09 Å². The molecule has 7 nitrogen and oxygen atoms in total. The summed E-state index contributed by atoms with van der Waals surface area (Å²) in [4.78, 5) is 23.0. The third-order valence-electron chi connectivity index (χ3n) is 3.18. The summed E-state index contributed by atoms with van der Waals surface area (Å²) in [5.41, 5.74) is 0.843. The van der Waals surface area contributed by atoms with E-state index in [1.165, 1.54) is 18.9 Å². The maximum absolute atomic E-state index is 11.9. The maximum atomic E-state index is 11.9. The topological polar surface area (TPSA) is 86.1 Å². The van der Waals surface area contributed by atoms with E-state index in [0.29, 0.717) is 22.5 Å². The highest BCUT2D eigenvalue weighted by molar-refractivity contribution is 8.00. The number of halogens is 1. The Bertz CT molecular complexity index is 750. The molecule has 0 saturated carbocycles. The molecule has 1 aromatic heterocycles. The average molecular weight is 369 g/mol. The Morgan fingerprint density at radius 1 is 1.42 bits per heavy atom. The number of carbonyl (C=O) groups is 2. The van der Waals surface area contributed by atoms with E-state index in [2.05, 4.69) is 20.3 Å². The predicted octanol–water partition coefficient (Wildman–Crippen LogP) is 2.98. The lowest BCUT2D eigenvalue weighted by molar-refractivity contribution is -0.119. The number of amides is 2. The molecule has 1 heterocycles. The number of carbonyl (C=O) groups excluding carboxylic acids is 2. The minimum Gasteiger partial charge on any atom is -0.453 e. The molecule has 0 aliphatic carbocycles. The molecule has 24 heavy (non-hydrogen) atoms. The molecule has 2 amide bonds. The Morgan fingerprint density at radius 2 is 2.17 bits per heavy atom. The van der Waals surface area contributed by atoms with Crippen molar-refractivity contribution in [2.75, 3.05) is 7.11 Å². The Balaban J connectivity index is 2.20. The lowest BCUT2D eigenvalue weighted by Crippen LogP contribution is -2.36. The van der Waals surface area contributed by atoms with Crippen molar-refractivity contribution in [3.8, 4) is 11.4 Å². The molecule has 9 heteroatoms. The van der Waals surface area contributed by atoms with Crippen LogP contribution in [0.5, 0.6) is 0 Å². The van der Waals surface area contributed by atoms with Gasteiger partial charge in [0.2, 0.25) is 5.91 Å². The molecule has 0 bridgehead atoms. The molecule has 0 unspecified atom stereocenters. The van der Waals surface area contributed by atoms with Gasteiger partial charge in [0.1, 0.15) is 0 Å². The first-order chi connectivity index (χ1) is 11.5. The molecule has 0 spiro atoms. The van der Waals surface area contributed by atoms with Gasteiger partial charge in [-0.2, -0.15) is 0 Å². The summed E-state index contributed by atoms with van der Waals surface area (Å²) in [7, 11) is 1.20. The monoisotopic (exact) mass is 368 g/mol. The van der Waals surface area contributed by atoms with Gasteiger partial charge in [-0.15, -0.1) is 10.2 Å². The molecule has 0 aliphatic rings. The summed E-state index contributed by atoms with van der Waals surface area (Å²) < 4.78 is 6.30. The summed E-state index contributed by atoms with van der Waals surface area (Å²) in [6, 6.07) is 7.32. The first-order valence-electron chi connectivity index (χ1n) is 7.20. The fraction of sp³-hybridized carbons (Fsp3) is 0.333. The zero-order chi connectivity index (χ0) is 17.7. The van der Waals surface area contributed by atoms with E-state index >= 15 is 0 Å². The zero-order valence-electron chi connectivity index (χ0n) is 13.4. The third-order valence-corrected chi connectivity index (χ3v) is 4.49. The molecule has 1 N–H and O–H groups in total. The fourth-order valence-corrected chi connectivity index (χ4v) is 3.07. The summed E-state index contributed by atoms with van der Waals surface area (Å²) in [6.07, 6.45) is -0.788. The Morgan fingerprint density at radius 3 is 2.79 bits per heavy atom. The minimum atomic E-state index is -0.788. The van der Waals surface area contributed by atoms with Crippen molar-refractivity contribution in [1.29, 1.82) is 0 Å². The van der Waals surface area contributed by atoms with Gasteiger partial charge in [0, 0.05) is 17.1 Å². The second-order valence-corrected chi connectivity index (χ2v) is 6.55. The lowest BCUT2D eigenvalue weighted by Gasteiger charge is -2.11. The molecule has 1 aromatic carbocycles. The second-order valence-electron chi connectivity index (χ2n) is 4.80. The van der Waals surface area contributed by atoms with E-state index in [9.17, 15) is 9.59 Å². The molecule has 2 rings (SSSR count). The van der Waals surface area contributed by atoms with E-state index in [4.69, 9.17) is 11.6 Å². The van der Waals surface area contributed by atoms with E-state index in [-0.39, 0.29) is 0 Å². The number of nitrogens with zero attached hydrogens (tertiary/aromatic N) is 3. The van der Waals surface area contributed by atoms with Gasteiger partial charge in [-0.1, -0.05) is 35.5 Å². The number of imide groups is 1. The number of thioether (sulfide) groups is 1. The number of ether oxygens (including phenoxy) is 1. The number of aromatic nitrogens is 3. The number of nitrogens with one attached hydrogen (secondary N) is 1. The molecule has 0 radical (unpaired) electrons. The van der Waals surface area contributed by atoms with Gasteiger partial charge in [-0.25, -0.2) is 4.79 Å². The van der Waals surface area contributed by atoms with Crippen LogP contribution in [0.4, 0.5) is 4.79 Å². The van der Waals surface area contributed by atoms with Crippen LogP contribution in [0.15, 0.2) is 29.4 Å². The number of hydrogen-bond acceptors (Lipinski definition) is 6. The van der Waals surface area contributed by atoms with Gasteiger partial charge < -0.3 is 9.30 Å². The van der Waals surface area contributed by atoms with Crippen LogP contribution in [-0.2, 0) is 16.1 Å². The van der Waals surface area contributed by atoms with Crippen LogP contribution in [0, 0.1) is 0 Å². The zero-order valence-corrected chi connectivity index (χ0v) is 15.0. The molecule has 128 valence electrons. The van der Waals surface area contributed by atoms with Crippen LogP contribution in [0.1, 0.15) is 13.8 Å². The summed E-state index contributed by atoms with van der Waals surface area (Å²) >= 11 is 7.24. The highest BCUT2D eigenvalue weighted by Crippen LogP contribution is 2.28.